The highest BCUT2D eigenvalue weighted by molar-refractivity contribution is 6.30. The molecule has 1 aromatic heterocycles. The molecule has 0 aliphatic carbocycles. The van der Waals surface area contributed by atoms with Gasteiger partial charge in [-0.25, -0.2) is 0 Å². The zero-order valence-corrected chi connectivity index (χ0v) is 14.1. The topological polar surface area (TPSA) is 46.1 Å². The average Bonchev–Trinajstić information content (AvgIpc) is 2.81. The van der Waals surface area contributed by atoms with Crippen LogP contribution in [0.1, 0.15) is 41.1 Å². The molecule has 120 valence electrons. The van der Waals surface area contributed by atoms with Crippen molar-refractivity contribution in [2.24, 2.45) is 0 Å². The minimum atomic E-state index is -0.0392. The molecule has 1 aliphatic heterocycles. The summed E-state index contributed by atoms with van der Waals surface area (Å²) in [5.41, 5.74) is 1.71. The molecule has 2 aromatic rings. The molecule has 4 nitrogen and oxygen atoms in total. The summed E-state index contributed by atoms with van der Waals surface area (Å²) in [5.74, 6) is 0.284. The highest BCUT2D eigenvalue weighted by Gasteiger charge is 2.24. The van der Waals surface area contributed by atoms with E-state index in [1.54, 1.807) is 6.07 Å². The SMILES string of the molecule is O=C(c1cnnc(Cl)c1)N1CCCC[C@H](c2ccc(Cl)cc2)C1. The molecular formula is C17H17Cl2N3O. The number of carbonyl (C=O) groups is 1. The third-order valence-corrected chi connectivity index (χ3v) is 4.61. The third kappa shape index (κ3) is 4.01. The van der Waals surface area contributed by atoms with Crippen LogP contribution < -0.4 is 0 Å². The zero-order chi connectivity index (χ0) is 16.2. The first-order valence-corrected chi connectivity index (χ1v) is 8.42. The van der Waals surface area contributed by atoms with Gasteiger partial charge in [0.1, 0.15) is 0 Å². The number of likely N-dealkylation sites (tertiary alicyclic amines) is 1. The Morgan fingerprint density at radius 2 is 1.96 bits per heavy atom. The van der Waals surface area contributed by atoms with Crippen molar-refractivity contribution in [3.05, 3.63) is 57.8 Å². The second kappa shape index (κ2) is 7.28. The van der Waals surface area contributed by atoms with E-state index in [1.807, 2.05) is 29.2 Å². The predicted octanol–water partition coefficient (Wildman–Crippen LogP) is 4.19. The molecule has 2 heterocycles. The molecule has 1 fully saturated rings. The summed E-state index contributed by atoms with van der Waals surface area (Å²) in [6, 6.07) is 9.47. The van der Waals surface area contributed by atoms with Crippen LogP contribution in [-0.2, 0) is 0 Å². The summed E-state index contributed by atoms with van der Waals surface area (Å²) < 4.78 is 0. The smallest absolute Gasteiger partial charge is 0.255 e. The summed E-state index contributed by atoms with van der Waals surface area (Å²) in [6.07, 6.45) is 4.64. The quantitative estimate of drug-likeness (QED) is 0.816. The molecule has 0 N–H and O–H groups in total. The van der Waals surface area contributed by atoms with E-state index in [0.717, 1.165) is 30.8 Å². The molecule has 6 heteroatoms. The summed E-state index contributed by atoms with van der Waals surface area (Å²) in [4.78, 5) is 14.6. The van der Waals surface area contributed by atoms with Crippen LogP contribution in [0.2, 0.25) is 10.2 Å². The maximum atomic E-state index is 12.7. The molecule has 0 unspecified atom stereocenters. The van der Waals surface area contributed by atoms with Crippen LogP contribution in [0.15, 0.2) is 36.5 Å². The van der Waals surface area contributed by atoms with Gasteiger partial charge in [0, 0.05) is 24.0 Å². The fourth-order valence-electron chi connectivity index (χ4n) is 2.97. The number of nitrogens with zero attached hydrogens (tertiary/aromatic N) is 3. The van der Waals surface area contributed by atoms with Gasteiger partial charge in [-0.3, -0.25) is 4.79 Å². The maximum Gasteiger partial charge on any atom is 0.255 e. The van der Waals surface area contributed by atoms with Crippen LogP contribution in [0.3, 0.4) is 0 Å². The summed E-state index contributed by atoms with van der Waals surface area (Å²) in [7, 11) is 0. The number of rotatable bonds is 2. The van der Waals surface area contributed by atoms with Crippen molar-refractivity contribution in [3.8, 4) is 0 Å². The van der Waals surface area contributed by atoms with E-state index in [-0.39, 0.29) is 11.1 Å². The highest BCUT2D eigenvalue weighted by Crippen LogP contribution is 2.28. The number of hydrogen-bond donors (Lipinski definition) is 0. The third-order valence-electron chi connectivity index (χ3n) is 4.17. The van der Waals surface area contributed by atoms with Gasteiger partial charge < -0.3 is 4.90 Å². The number of aromatic nitrogens is 2. The van der Waals surface area contributed by atoms with Crippen LogP contribution in [0.25, 0.3) is 0 Å². The summed E-state index contributed by atoms with van der Waals surface area (Å²) >= 11 is 11.8. The second-order valence-corrected chi connectivity index (χ2v) is 6.59. The Labute approximate surface area is 145 Å². The Kier molecular flexibility index (Phi) is 5.13. The van der Waals surface area contributed by atoms with E-state index in [0.29, 0.717) is 18.0 Å². The first-order valence-electron chi connectivity index (χ1n) is 7.66. The molecule has 1 aromatic carbocycles. The van der Waals surface area contributed by atoms with Crippen molar-refractivity contribution in [2.75, 3.05) is 13.1 Å². The summed E-state index contributed by atoms with van der Waals surface area (Å²) in [5, 5.41) is 8.42. The molecule has 1 amide bonds. The molecule has 1 aliphatic rings. The van der Waals surface area contributed by atoms with E-state index in [1.165, 1.54) is 11.8 Å². The van der Waals surface area contributed by atoms with E-state index in [9.17, 15) is 4.79 Å². The van der Waals surface area contributed by atoms with Gasteiger partial charge in [0.15, 0.2) is 5.15 Å². The van der Waals surface area contributed by atoms with Gasteiger partial charge in [-0.05, 0) is 36.6 Å². The van der Waals surface area contributed by atoms with Crippen LogP contribution in [0, 0.1) is 0 Å². The maximum absolute atomic E-state index is 12.7. The Hall–Kier alpha value is -1.65. The predicted molar refractivity (Wildman–Crippen MR) is 91.0 cm³/mol. The minimum Gasteiger partial charge on any atom is -0.338 e. The molecule has 23 heavy (non-hydrogen) atoms. The van der Waals surface area contributed by atoms with Crippen molar-refractivity contribution < 1.29 is 4.79 Å². The number of hydrogen-bond acceptors (Lipinski definition) is 3. The Bertz CT molecular complexity index is 690. The van der Waals surface area contributed by atoms with Gasteiger partial charge in [0.2, 0.25) is 0 Å². The number of benzene rings is 1. The molecular weight excluding hydrogens is 333 g/mol. The summed E-state index contributed by atoms with van der Waals surface area (Å²) in [6.45, 7) is 1.45. The number of amides is 1. The van der Waals surface area contributed by atoms with Crippen molar-refractivity contribution in [3.63, 3.8) is 0 Å². The first-order chi connectivity index (χ1) is 11.1. The van der Waals surface area contributed by atoms with Gasteiger partial charge >= 0.3 is 0 Å². The van der Waals surface area contributed by atoms with E-state index in [2.05, 4.69) is 10.2 Å². The monoisotopic (exact) mass is 349 g/mol. The van der Waals surface area contributed by atoms with Gasteiger partial charge in [0.25, 0.3) is 5.91 Å². The second-order valence-electron chi connectivity index (χ2n) is 5.76. The van der Waals surface area contributed by atoms with Crippen LogP contribution in [0.5, 0.6) is 0 Å². The zero-order valence-electron chi connectivity index (χ0n) is 12.6. The lowest BCUT2D eigenvalue weighted by molar-refractivity contribution is 0.0754. The number of halogens is 2. The van der Waals surface area contributed by atoms with Crippen LogP contribution in [0.4, 0.5) is 0 Å². The standard InChI is InChI=1S/C17H17Cl2N3O/c18-15-6-4-12(5-7-15)13-3-1-2-8-22(11-13)17(23)14-9-16(19)21-20-10-14/h4-7,9-10,13H,1-3,8,11H2/t13-/m0/s1. The molecule has 0 radical (unpaired) electrons. The highest BCUT2D eigenvalue weighted by atomic mass is 35.5. The van der Waals surface area contributed by atoms with Gasteiger partial charge in [-0.1, -0.05) is 41.8 Å². The molecule has 0 bridgehead atoms. The van der Waals surface area contributed by atoms with E-state index >= 15 is 0 Å². The number of carbonyl (C=O) groups excluding carboxylic acids is 1. The average molecular weight is 350 g/mol. The van der Waals surface area contributed by atoms with Gasteiger partial charge in [-0.15, -0.1) is 5.10 Å². The van der Waals surface area contributed by atoms with Crippen molar-refractivity contribution >= 4 is 29.1 Å². The molecule has 1 saturated heterocycles. The lowest BCUT2D eigenvalue weighted by atomic mass is 9.94. The molecule has 0 saturated carbocycles. The Morgan fingerprint density at radius 1 is 1.17 bits per heavy atom. The van der Waals surface area contributed by atoms with Crippen molar-refractivity contribution in [1.29, 1.82) is 0 Å². The van der Waals surface area contributed by atoms with E-state index in [4.69, 9.17) is 23.2 Å². The van der Waals surface area contributed by atoms with Crippen LogP contribution in [-0.4, -0.2) is 34.1 Å². The Balaban J connectivity index is 1.79. The van der Waals surface area contributed by atoms with Crippen molar-refractivity contribution in [2.45, 2.75) is 25.2 Å². The van der Waals surface area contributed by atoms with Crippen molar-refractivity contribution in [1.82, 2.24) is 15.1 Å². The minimum absolute atomic E-state index is 0.0392. The lowest BCUT2D eigenvalue weighted by Crippen LogP contribution is -2.34. The van der Waals surface area contributed by atoms with Gasteiger partial charge in [0.05, 0.1) is 11.8 Å². The Morgan fingerprint density at radius 3 is 2.70 bits per heavy atom. The first kappa shape index (κ1) is 16.2. The fraction of sp³-hybridized carbons (Fsp3) is 0.353. The van der Waals surface area contributed by atoms with Gasteiger partial charge in [-0.2, -0.15) is 5.10 Å². The molecule has 1 atom stereocenters. The molecule has 3 rings (SSSR count). The van der Waals surface area contributed by atoms with E-state index < -0.39 is 0 Å². The fourth-order valence-corrected chi connectivity index (χ4v) is 3.26. The largest absolute Gasteiger partial charge is 0.338 e. The van der Waals surface area contributed by atoms with Crippen LogP contribution >= 0.6 is 23.2 Å². The normalized spacial score (nSPS) is 18.5. The lowest BCUT2D eigenvalue weighted by Gasteiger charge is -2.25. The molecule has 0 spiro atoms.